The van der Waals surface area contributed by atoms with E-state index < -0.39 is 29.5 Å². The van der Waals surface area contributed by atoms with Gasteiger partial charge in [-0.15, -0.1) is 0 Å². The van der Waals surface area contributed by atoms with E-state index in [0.29, 0.717) is 5.56 Å². The number of carbonyl (C=O) groups excluding carboxylic acids is 1. The van der Waals surface area contributed by atoms with Gasteiger partial charge in [0.05, 0.1) is 12.1 Å². The normalized spacial score (nSPS) is 14.9. The fraction of sp³-hybridized carbons (Fsp3) is 0.412. The number of benzene rings is 1. The average molecular weight is 390 g/mol. The standard InChI is InChI=1S/C17H16ClF4N3O/c1-17(2,16(21)22)24-7-6-9-13(15(24)26)23-25(14(9)18)8-10-11(19)4-3-5-12(10)20/h3-5,16H,6-8H2,1-2H3. The molecule has 0 N–H and O–H groups in total. The van der Waals surface area contributed by atoms with E-state index in [0.717, 1.165) is 21.7 Å². The zero-order valence-corrected chi connectivity index (χ0v) is 14.8. The first-order valence-electron chi connectivity index (χ1n) is 7.92. The van der Waals surface area contributed by atoms with Gasteiger partial charge in [0.15, 0.2) is 5.69 Å². The van der Waals surface area contributed by atoms with Gasteiger partial charge in [0.25, 0.3) is 12.3 Å². The second kappa shape index (κ2) is 6.57. The molecular formula is C17H16ClF4N3O. The maximum atomic E-state index is 13.9. The van der Waals surface area contributed by atoms with Gasteiger partial charge in [0.2, 0.25) is 0 Å². The Balaban J connectivity index is 1.97. The zero-order chi connectivity index (χ0) is 19.2. The molecule has 0 unspecified atom stereocenters. The maximum Gasteiger partial charge on any atom is 0.275 e. The Kier molecular flexibility index (Phi) is 4.72. The molecule has 0 atom stereocenters. The Morgan fingerprint density at radius 1 is 1.27 bits per heavy atom. The van der Waals surface area contributed by atoms with Gasteiger partial charge in [0.1, 0.15) is 16.8 Å². The minimum Gasteiger partial charge on any atom is -0.326 e. The molecule has 1 aromatic carbocycles. The lowest BCUT2D eigenvalue weighted by atomic mass is 9.97. The second-order valence-corrected chi connectivity index (χ2v) is 6.99. The van der Waals surface area contributed by atoms with Crippen molar-refractivity contribution in [3.63, 3.8) is 0 Å². The summed E-state index contributed by atoms with van der Waals surface area (Å²) in [7, 11) is 0. The first kappa shape index (κ1) is 18.7. The molecule has 26 heavy (non-hydrogen) atoms. The average Bonchev–Trinajstić information content (AvgIpc) is 2.88. The molecule has 2 aromatic rings. The van der Waals surface area contributed by atoms with Gasteiger partial charge >= 0.3 is 0 Å². The van der Waals surface area contributed by atoms with Crippen LogP contribution in [0.4, 0.5) is 17.6 Å². The number of nitrogens with zero attached hydrogens (tertiary/aromatic N) is 3. The van der Waals surface area contributed by atoms with E-state index >= 15 is 0 Å². The highest BCUT2D eigenvalue weighted by molar-refractivity contribution is 6.31. The molecule has 3 rings (SSSR count). The lowest BCUT2D eigenvalue weighted by molar-refractivity contribution is -0.0241. The first-order valence-corrected chi connectivity index (χ1v) is 8.30. The van der Waals surface area contributed by atoms with Crippen LogP contribution in [0.2, 0.25) is 5.15 Å². The van der Waals surface area contributed by atoms with E-state index in [2.05, 4.69) is 5.10 Å². The Labute approximate surface area is 152 Å². The van der Waals surface area contributed by atoms with Gasteiger partial charge in [-0.2, -0.15) is 5.10 Å². The van der Waals surface area contributed by atoms with Gasteiger partial charge in [-0.3, -0.25) is 4.79 Å². The Hall–Kier alpha value is -2.09. The minimum atomic E-state index is -2.74. The van der Waals surface area contributed by atoms with Crippen LogP contribution in [-0.4, -0.2) is 39.1 Å². The van der Waals surface area contributed by atoms with Crippen molar-refractivity contribution in [1.82, 2.24) is 14.7 Å². The highest BCUT2D eigenvalue weighted by Gasteiger charge is 2.43. The summed E-state index contributed by atoms with van der Waals surface area (Å²) in [6.45, 7) is 2.29. The van der Waals surface area contributed by atoms with Crippen LogP contribution in [0.1, 0.15) is 35.5 Å². The van der Waals surface area contributed by atoms with Crippen LogP contribution in [0, 0.1) is 11.6 Å². The monoisotopic (exact) mass is 389 g/mol. The summed E-state index contributed by atoms with van der Waals surface area (Å²) >= 11 is 6.22. The van der Waals surface area contributed by atoms with Crippen LogP contribution in [0.15, 0.2) is 18.2 Å². The number of alkyl halides is 2. The third-order valence-electron chi connectivity index (χ3n) is 4.61. The van der Waals surface area contributed by atoms with Crippen LogP contribution < -0.4 is 0 Å². The summed E-state index contributed by atoms with van der Waals surface area (Å²) in [6, 6.07) is 3.44. The molecule has 1 aliphatic rings. The van der Waals surface area contributed by atoms with E-state index in [1.807, 2.05) is 0 Å². The van der Waals surface area contributed by atoms with Crippen molar-refractivity contribution >= 4 is 17.5 Å². The van der Waals surface area contributed by atoms with Crippen molar-refractivity contribution in [1.29, 1.82) is 0 Å². The molecule has 9 heteroatoms. The summed E-state index contributed by atoms with van der Waals surface area (Å²) in [5, 5.41) is 4.12. The SMILES string of the molecule is CC(C)(C(F)F)N1CCc2c(nn(Cc3c(F)cccc3F)c2Cl)C1=O. The summed E-state index contributed by atoms with van der Waals surface area (Å²) in [5.41, 5.74) is -1.57. The van der Waals surface area contributed by atoms with Crippen molar-refractivity contribution in [3.05, 3.63) is 51.8 Å². The first-order chi connectivity index (χ1) is 12.1. The Morgan fingerprint density at radius 3 is 2.46 bits per heavy atom. The molecule has 2 heterocycles. The lowest BCUT2D eigenvalue weighted by Crippen LogP contribution is -2.55. The van der Waals surface area contributed by atoms with Gasteiger partial charge < -0.3 is 4.90 Å². The molecular weight excluding hydrogens is 374 g/mol. The molecule has 0 bridgehead atoms. The molecule has 0 saturated carbocycles. The number of aromatic nitrogens is 2. The Morgan fingerprint density at radius 2 is 1.88 bits per heavy atom. The third kappa shape index (κ3) is 2.96. The van der Waals surface area contributed by atoms with E-state index in [1.165, 1.54) is 19.9 Å². The molecule has 0 fully saturated rings. The van der Waals surface area contributed by atoms with Crippen LogP contribution in [0.5, 0.6) is 0 Å². The summed E-state index contributed by atoms with van der Waals surface area (Å²) < 4.78 is 55.4. The highest BCUT2D eigenvalue weighted by atomic mass is 35.5. The van der Waals surface area contributed by atoms with Crippen molar-refractivity contribution < 1.29 is 22.4 Å². The van der Waals surface area contributed by atoms with Crippen LogP contribution in [0.25, 0.3) is 0 Å². The maximum absolute atomic E-state index is 13.9. The lowest BCUT2D eigenvalue weighted by Gasteiger charge is -2.39. The van der Waals surface area contributed by atoms with Gasteiger partial charge in [-0.1, -0.05) is 17.7 Å². The highest BCUT2D eigenvalue weighted by Crippen LogP contribution is 2.32. The smallest absolute Gasteiger partial charge is 0.275 e. The van der Waals surface area contributed by atoms with E-state index in [1.54, 1.807) is 0 Å². The number of amides is 1. The van der Waals surface area contributed by atoms with Crippen molar-refractivity contribution in [2.45, 2.75) is 38.8 Å². The molecule has 0 radical (unpaired) electrons. The Bertz CT molecular complexity index is 846. The molecule has 4 nitrogen and oxygen atoms in total. The summed E-state index contributed by atoms with van der Waals surface area (Å²) in [4.78, 5) is 13.7. The molecule has 0 spiro atoms. The predicted molar refractivity (Wildman–Crippen MR) is 87.5 cm³/mol. The van der Waals surface area contributed by atoms with Gasteiger partial charge in [-0.05, 0) is 32.4 Å². The van der Waals surface area contributed by atoms with Crippen molar-refractivity contribution in [3.8, 4) is 0 Å². The van der Waals surface area contributed by atoms with E-state index in [-0.39, 0.29) is 35.9 Å². The van der Waals surface area contributed by atoms with Crippen molar-refractivity contribution in [2.24, 2.45) is 0 Å². The molecule has 0 aliphatic carbocycles. The molecule has 140 valence electrons. The molecule has 1 aliphatic heterocycles. The van der Waals surface area contributed by atoms with E-state index in [4.69, 9.17) is 11.6 Å². The molecule has 1 aromatic heterocycles. The summed E-state index contributed by atoms with van der Waals surface area (Å²) in [5.74, 6) is -2.20. The largest absolute Gasteiger partial charge is 0.326 e. The van der Waals surface area contributed by atoms with Crippen LogP contribution >= 0.6 is 11.6 Å². The number of carbonyl (C=O) groups is 1. The fourth-order valence-electron chi connectivity index (χ4n) is 2.93. The van der Waals surface area contributed by atoms with Gasteiger partial charge in [-0.25, -0.2) is 22.2 Å². The fourth-order valence-corrected chi connectivity index (χ4v) is 3.21. The number of hydrogen-bond acceptors (Lipinski definition) is 2. The number of halogens is 5. The predicted octanol–water partition coefficient (Wildman–Crippen LogP) is 3.91. The molecule has 1 amide bonds. The number of fused-ring (bicyclic) bond motifs is 1. The topological polar surface area (TPSA) is 38.1 Å². The number of rotatable bonds is 4. The number of hydrogen-bond donors (Lipinski definition) is 0. The van der Waals surface area contributed by atoms with E-state index in [9.17, 15) is 22.4 Å². The van der Waals surface area contributed by atoms with Gasteiger partial charge in [0, 0.05) is 17.7 Å². The molecule has 0 saturated heterocycles. The summed E-state index contributed by atoms with van der Waals surface area (Å²) in [6.07, 6.45) is -2.51. The van der Waals surface area contributed by atoms with Crippen LogP contribution in [-0.2, 0) is 13.0 Å². The third-order valence-corrected chi connectivity index (χ3v) is 5.04. The second-order valence-electron chi connectivity index (χ2n) is 6.64. The quantitative estimate of drug-likeness (QED) is 0.744. The van der Waals surface area contributed by atoms with Crippen LogP contribution in [0.3, 0.4) is 0 Å². The van der Waals surface area contributed by atoms with Crippen molar-refractivity contribution in [2.75, 3.05) is 6.54 Å². The zero-order valence-electron chi connectivity index (χ0n) is 14.1. The minimum absolute atomic E-state index is 0.0582.